The summed E-state index contributed by atoms with van der Waals surface area (Å²) in [6, 6.07) is 14.5. The van der Waals surface area contributed by atoms with Crippen molar-refractivity contribution in [1.29, 1.82) is 0 Å². The van der Waals surface area contributed by atoms with E-state index in [0.29, 0.717) is 19.1 Å². The van der Waals surface area contributed by atoms with E-state index >= 15 is 0 Å². The lowest BCUT2D eigenvalue weighted by molar-refractivity contribution is 0.00793. The second kappa shape index (κ2) is 10.3. The lowest BCUT2D eigenvalue weighted by Crippen LogP contribution is -2.69. The molecule has 3 aliphatic heterocycles. The van der Waals surface area contributed by atoms with E-state index in [1.54, 1.807) is 6.20 Å². The fraction of sp³-hybridized carbons (Fsp3) is 0.500. The smallest absolute Gasteiger partial charge is 0.315 e. The summed E-state index contributed by atoms with van der Waals surface area (Å²) in [5.74, 6) is 0.570. The number of carbonyl (C=O) groups excluding carboxylic acids is 1. The summed E-state index contributed by atoms with van der Waals surface area (Å²) in [6.07, 6.45) is 16.6. The second-order valence-electron chi connectivity index (χ2n) is 11.8. The molecule has 2 atom stereocenters. The number of piperidine rings is 3. The maximum Gasteiger partial charge on any atom is 0.315 e. The number of nitrogens with one attached hydrogen (secondary N) is 2. The van der Waals surface area contributed by atoms with Gasteiger partial charge >= 0.3 is 6.03 Å². The molecule has 2 aliphatic carbocycles. The number of urea groups is 1. The van der Waals surface area contributed by atoms with Gasteiger partial charge in [0.15, 0.2) is 0 Å². The van der Waals surface area contributed by atoms with Gasteiger partial charge in [-0.25, -0.2) is 4.79 Å². The first kappa shape index (κ1) is 25.3. The van der Waals surface area contributed by atoms with E-state index in [0.717, 1.165) is 50.9 Å². The van der Waals surface area contributed by atoms with E-state index in [4.69, 9.17) is 4.74 Å². The van der Waals surface area contributed by atoms with Gasteiger partial charge in [0.05, 0.1) is 24.3 Å². The van der Waals surface area contributed by atoms with Crippen LogP contribution in [0.4, 0.5) is 4.79 Å². The van der Waals surface area contributed by atoms with E-state index in [9.17, 15) is 4.79 Å². The van der Waals surface area contributed by atoms with Crippen molar-refractivity contribution in [1.82, 2.24) is 20.5 Å². The van der Waals surface area contributed by atoms with Crippen LogP contribution < -0.4 is 10.6 Å². The van der Waals surface area contributed by atoms with Gasteiger partial charge in [-0.15, -0.1) is 0 Å². The molecule has 1 aromatic carbocycles. The van der Waals surface area contributed by atoms with Crippen LogP contribution >= 0.6 is 0 Å². The Balaban J connectivity index is 1.20. The molecular formula is C32H40N4O2. The normalized spacial score (nSPS) is 30.9. The van der Waals surface area contributed by atoms with Gasteiger partial charge in [0.2, 0.25) is 0 Å². The van der Waals surface area contributed by atoms with Crippen LogP contribution in [0.2, 0.25) is 0 Å². The maximum atomic E-state index is 13.6. The Morgan fingerprint density at radius 2 is 1.92 bits per heavy atom. The number of benzene rings is 1. The van der Waals surface area contributed by atoms with Crippen LogP contribution in [-0.2, 0) is 11.3 Å². The minimum absolute atomic E-state index is 0.0176. The lowest BCUT2D eigenvalue weighted by Gasteiger charge is -2.53. The molecule has 38 heavy (non-hydrogen) atoms. The van der Waals surface area contributed by atoms with E-state index < -0.39 is 0 Å². The number of carbonyl (C=O) groups is 1. The molecule has 200 valence electrons. The monoisotopic (exact) mass is 512 g/mol. The molecule has 7 rings (SSSR count). The third kappa shape index (κ3) is 4.80. The van der Waals surface area contributed by atoms with Crippen LogP contribution in [0, 0.1) is 11.3 Å². The summed E-state index contributed by atoms with van der Waals surface area (Å²) in [5.41, 5.74) is 2.79. The van der Waals surface area contributed by atoms with Crippen LogP contribution in [-0.4, -0.2) is 53.2 Å². The molecular weight excluding hydrogens is 472 g/mol. The van der Waals surface area contributed by atoms with E-state index in [1.165, 1.54) is 24.0 Å². The van der Waals surface area contributed by atoms with Crippen molar-refractivity contribution in [2.45, 2.75) is 63.1 Å². The van der Waals surface area contributed by atoms with Crippen LogP contribution in [0.3, 0.4) is 0 Å². The number of hydrogen-bond donors (Lipinski definition) is 2. The molecule has 4 fully saturated rings. The topological polar surface area (TPSA) is 66.5 Å². The molecule has 4 heterocycles. The average Bonchev–Trinajstić information content (AvgIpc) is 3.76. The number of rotatable bonds is 9. The van der Waals surface area contributed by atoms with Crippen molar-refractivity contribution < 1.29 is 9.53 Å². The van der Waals surface area contributed by atoms with Gasteiger partial charge in [-0.3, -0.25) is 4.98 Å². The number of fused-ring (bicyclic) bond motifs is 3. The fourth-order valence-electron chi connectivity index (χ4n) is 7.11. The molecule has 2 bridgehead atoms. The highest BCUT2D eigenvalue weighted by Crippen LogP contribution is 2.55. The molecule has 2 aromatic rings. The third-order valence-electron chi connectivity index (χ3n) is 9.65. The number of pyridine rings is 1. The summed E-state index contributed by atoms with van der Waals surface area (Å²) in [6.45, 7) is 6.58. The number of amides is 2. The van der Waals surface area contributed by atoms with Gasteiger partial charge in [-0.2, -0.15) is 0 Å². The number of hydrogen-bond acceptors (Lipinski definition) is 4. The number of ether oxygens (including phenoxy) is 1. The average molecular weight is 513 g/mol. The van der Waals surface area contributed by atoms with Gasteiger partial charge in [-0.05, 0) is 80.3 Å². The first-order valence-electron chi connectivity index (χ1n) is 14.3. The quantitative estimate of drug-likeness (QED) is 0.476. The van der Waals surface area contributed by atoms with Crippen molar-refractivity contribution >= 4 is 11.6 Å². The maximum absolute atomic E-state index is 13.6. The van der Waals surface area contributed by atoms with Crippen molar-refractivity contribution in [3.05, 3.63) is 84.2 Å². The fourth-order valence-corrected chi connectivity index (χ4v) is 7.11. The minimum atomic E-state index is -0.301. The van der Waals surface area contributed by atoms with Crippen LogP contribution in [0.5, 0.6) is 0 Å². The highest BCUT2D eigenvalue weighted by atomic mass is 16.5. The minimum Gasteiger partial charge on any atom is -0.376 e. The van der Waals surface area contributed by atoms with Gasteiger partial charge in [0, 0.05) is 24.4 Å². The molecule has 0 spiro atoms. The Kier molecular flexibility index (Phi) is 6.87. The van der Waals surface area contributed by atoms with Gasteiger partial charge in [0.25, 0.3) is 0 Å². The molecule has 2 unspecified atom stereocenters. The first-order chi connectivity index (χ1) is 18.6. The van der Waals surface area contributed by atoms with Gasteiger partial charge < -0.3 is 20.3 Å². The van der Waals surface area contributed by atoms with Crippen LogP contribution in [0.15, 0.2) is 73.1 Å². The lowest BCUT2D eigenvalue weighted by atomic mass is 9.71. The molecule has 5 aliphatic rings. The number of nitrogens with zero attached hydrogens (tertiary/aromatic N) is 2. The molecule has 1 aromatic heterocycles. The summed E-state index contributed by atoms with van der Waals surface area (Å²) in [4.78, 5) is 20.4. The van der Waals surface area contributed by atoms with E-state index in [-0.39, 0.29) is 22.5 Å². The van der Waals surface area contributed by atoms with Crippen LogP contribution in [0.1, 0.15) is 56.6 Å². The molecule has 2 N–H and O–H groups in total. The Morgan fingerprint density at radius 1 is 1.11 bits per heavy atom. The van der Waals surface area contributed by atoms with Gasteiger partial charge in [-0.1, -0.05) is 61.5 Å². The Bertz CT molecular complexity index is 1180. The van der Waals surface area contributed by atoms with Crippen LogP contribution in [0.25, 0.3) is 5.57 Å². The van der Waals surface area contributed by atoms with E-state index in [2.05, 4.69) is 69.9 Å². The summed E-state index contributed by atoms with van der Waals surface area (Å²) in [5, 5.41) is 7.01. The number of aromatic nitrogens is 1. The Labute approximate surface area is 226 Å². The zero-order valence-corrected chi connectivity index (χ0v) is 22.5. The van der Waals surface area contributed by atoms with Crippen molar-refractivity contribution in [2.75, 3.05) is 26.2 Å². The zero-order valence-electron chi connectivity index (χ0n) is 22.5. The zero-order chi connectivity index (χ0) is 26.1. The largest absolute Gasteiger partial charge is 0.376 e. The SMILES string of the molecule is CCC1(NC(=O)NC2(C3(COCc4cccnc4)C=CC(c4ccccc4)=CC3)CC2)CN2CCC1CC2. The van der Waals surface area contributed by atoms with Gasteiger partial charge in [0.1, 0.15) is 0 Å². The van der Waals surface area contributed by atoms with Crippen molar-refractivity contribution in [3.63, 3.8) is 0 Å². The summed E-state index contributed by atoms with van der Waals surface area (Å²) >= 11 is 0. The Morgan fingerprint density at radius 3 is 2.53 bits per heavy atom. The highest BCUT2D eigenvalue weighted by molar-refractivity contribution is 5.78. The van der Waals surface area contributed by atoms with Crippen molar-refractivity contribution in [2.24, 2.45) is 11.3 Å². The molecule has 6 nitrogen and oxygen atoms in total. The molecule has 6 heteroatoms. The molecule has 3 saturated heterocycles. The third-order valence-corrected chi connectivity index (χ3v) is 9.65. The first-order valence-corrected chi connectivity index (χ1v) is 14.3. The summed E-state index contributed by atoms with van der Waals surface area (Å²) < 4.78 is 6.34. The number of allylic oxidation sites excluding steroid dienone is 3. The van der Waals surface area contributed by atoms with E-state index in [1.807, 2.05) is 24.4 Å². The summed E-state index contributed by atoms with van der Waals surface area (Å²) in [7, 11) is 0. The highest BCUT2D eigenvalue weighted by Gasteiger charge is 2.59. The molecule has 0 radical (unpaired) electrons. The molecule has 2 amide bonds. The van der Waals surface area contributed by atoms with Crippen molar-refractivity contribution in [3.8, 4) is 0 Å². The molecule has 1 saturated carbocycles. The standard InChI is InChI=1S/C32H40N4O2/c1-2-31(23-36-19-12-28(31)13-20-36)34-29(37)35-32(16-17-32)30(24-38-22-25-7-6-18-33-21-25)14-10-27(11-15-30)26-8-4-3-5-9-26/h3-11,14,18,21,28H,2,12-13,15-17,19-20,22-24H2,1H3,(H2,34,35,37). The second-order valence-corrected chi connectivity index (χ2v) is 11.8. The predicted molar refractivity (Wildman–Crippen MR) is 150 cm³/mol. The Hall–Kier alpha value is -2.96. The predicted octanol–water partition coefficient (Wildman–Crippen LogP) is 5.33.